The first-order valence-electron chi connectivity index (χ1n) is 13.3. The Kier molecular flexibility index (Phi) is 6.70. The molecule has 6 nitrogen and oxygen atoms in total. The summed E-state index contributed by atoms with van der Waals surface area (Å²) < 4.78 is 52.1. The van der Waals surface area contributed by atoms with Gasteiger partial charge in [0, 0.05) is 48.2 Å². The average molecular weight is 550 g/mol. The first-order chi connectivity index (χ1) is 19.2. The first-order valence-corrected chi connectivity index (χ1v) is 13.3. The van der Waals surface area contributed by atoms with Crippen molar-refractivity contribution in [3.8, 4) is 33.9 Å². The number of carbonyl (C=O) groups excluding carboxylic acids is 1. The number of H-pyrrole nitrogens is 1. The summed E-state index contributed by atoms with van der Waals surface area (Å²) in [5.74, 6) is 1.90. The molecule has 2 atom stereocenters. The Morgan fingerprint density at radius 1 is 0.900 bits per heavy atom. The van der Waals surface area contributed by atoms with Crippen LogP contribution in [0.5, 0.6) is 11.5 Å². The fraction of sp³-hybridized carbons (Fsp3) is 0.323. The second-order valence-electron chi connectivity index (χ2n) is 10.6. The number of alkyl halides is 3. The van der Waals surface area contributed by atoms with E-state index in [9.17, 15) is 18.0 Å². The highest BCUT2D eigenvalue weighted by molar-refractivity contribution is 5.97. The van der Waals surface area contributed by atoms with Gasteiger partial charge in [-0.2, -0.15) is 13.2 Å². The minimum absolute atomic E-state index is 0.00697. The van der Waals surface area contributed by atoms with Crippen LogP contribution in [-0.2, 0) is 6.42 Å². The van der Waals surface area contributed by atoms with Crippen molar-refractivity contribution in [1.82, 2.24) is 15.2 Å². The lowest BCUT2D eigenvalue weighted by Crippen LogP contribution is -2.31. The van der Waals surface area contributed by atoms with E-state index in [-0.39, 0.29) is 11.5 Å². The number of aromatic amines is 1. The molecule has 0 aliphatic carbocycles. The Hall–Kier alpha value is -3.98. The summed E-state index contributed by atoms with van der Waals surface area (Å²) in [6.07, 6.45) is -5.50. The quantitative estimate of drug-likeness (QED) is 0.314. The number of rotatable bonds is 6. The fourth-order valence-corrected chi connectivity index (χ4v) is 6.09. The van der Waals surface area contributed by atoms with Gasteiger partial charge in [-0.25, -0.2) is 0 Å². The summed E-state index contributed by atoms with van der Waals surface area (Å²) in [5.41, 5.74) is 3.79. The molecule has 2 saturated heterocycles. The van der Waals surface area contributed by atoms with Gasteiger partial charge in [0.1, 0.15) is 0 Å². The van der Waals surface area contributed by atoms with Gasteiger partial charge < -0.3 is 24.7 Å². The number of fused-ring (bicyclic) bond motifs is 2. The largest absolute Gasteiger partial charge is 0.493 e. The van der Waals surface area contributed by atoms with Gasteiger partial charge in [-0.15, -0.1) is 0 Å². The second-order valence-corrected chi connectivity index (χ2v) is 10.6. The van der Waals surface area contributed by atoms with Crippen molar-refractivity contribution in [3.63, 3.8) is 0 Å². The molecule has 1 aromatic heterocycles. The molecular formula is C31H30F3N3O3. The predicted octanol–water partition coefficient (Wildman–Crippen LogP) is 5.92. The Bertz CT molecular complexity index is 1570. The van der Waals surface area contributed by atoms with Crippen LogP contribution in [0.2, 0.25) is 0 Å². The summed E-state index contributed by atoms with van der Waals surface area (Å²) in [4.78, 5) is 18.4. The van der Waals surface area contributed by atoms with Crippen molar-refractivity contribution >= 4 is 16.8 Å². The molecule has 2 aliphatic rings. The number of likely N-dealkylation sites (tertiary alicyclic amines) is 1. The van der Waals surface area contributed by atoms with Crippen LogP contribution >= 0.6 is 0 Å². The highest BCUT2D eigenvalue weighted by Gasteiger charge is 2.38. The van der Waals surface area contributed by atoms with E-state index in [1.54, 1.807) is 36.4 Å². The van der Waals surface area contributed by atoms with Crippen LogP contribution in [0, 0.1) is 11.8 Å². The van der Waals surface area contributed by atoms with Crippen molar-refractivity contribution < 1.29 is 27.4 Å². The SMILES string of the molecule is COc1ccc(-c2[nH]c3ccc(-c4cccc(C(=O)N5CC6CNCC6C5)c4)cc3c2CC(F)(F)F)cc1OC. The van der Waals surface area contributed by atoms with E-state index >= 15 is 0 Å². The second kappa shape index (κ2) is 10.2. The zero-order valence-electron chi connectivity index (χ0n) is 22.3. The van der Waals surface area contributed by atoms with Crippen LogP contribution in [0.15, 0.2) is 60.7 Å². The lowest BCUT2D eigenvalue weighted by molar-refractivity contribution is -0.126. The minimum atomic E-state index is -4.41. The molecule has 6 rings (SSSR count). The summed E-state index contributed by atoms with van der Waals surface area (Å²) >= 11 is 0. The van der Waals surface area contributed by atoms with E-state index in [0.29, 0.717) is 51.1 Å². The van der Waals surface area contributed by atoms with Gasteiger partial charge in [-0.05, 0) is 71.0 Å². The van der Waals surface area contributed by atoms with E-state index < -0.39 is 12.6 Å². The van der Waals surface area contributed by atoms with Gasteiger partial charge in [0.05, 0.1) is 26.3 Å². The summed E-state index contributed by atoms with van der Waals surface area (Å²) in [6.45, 7) is 3.37. The summed E-state index contributed by atoms with van der Waals surface area (Å²) in [6, 6.07) is 17.8. The normalized spacial score (nSPS) is 18.8. The number of halogens is 3. The molecular weight excluding hydrogens is 519 g/mol. The topological polar surface area (TPSA) is 66.6 Å². The van der Waals surface area contributed by atoms with Crippen LogP contribution in [0.3, 0.4) is 0 Å². The van der Waals surface area contributed by atoms with E-state index in [1.807, 2.05) is 29.2 Å². The molecule has 3 aromatic carbocycles. The maximum Gasteiger partial charge on any atom is 0.393 e. The number of methoxy groups -OCH3 is 2. The van der Waals surface area contributed by atoms with Gasteiger partial charge in [-0.1, -0.05) is 18.2 Å². The van der Waals surface area contributed by atoms with Gasteiger partial charge in [0.25, 0.3) is 5.91 Å². The monoisotopic (exact) mass is 549 g/mol. The van der Waals surface area contributed by atoms with Gasteiger partial charge >= 0.3 is 6.18 Å². The number of aromatic nitrogens is 1. The summed E-state index contributed by atoms with van der Waals surface area (Å²) in [7, 11) is 2.99. The summed E-state index contributed by atoms with van der Waals surface area (Å²) in [5, 5.41) is 3.87. The number of hydrogen-bond donors (Lipinski definition) is 2. The molecule has 40 heavy (non-hydrogen) atoms. The van der Waals surface area contributed by atoms with Crippen molar-refractivity contribution in [2.24, 2.45) is 11.8 Å². The third-order valence-corrected chi connectivity index (χ3v) is 8.08. The number of hydrogen-bond acceptors (Lipinski definition) is 4. The number of benzene rings is 3. The molecule has 0 bridgehead atoms. The smallest absolute Gasteiger partial charge is 0.393 e. The maximum atomic E-state index is 13.8. The lowest BCUT2D eigenvalue weighted by atomic mass is 9.97. The standard InChI is InChI=1S/C31H30F3N3O3/c1-39-27-9-7-20(12-28(27)40-2)29-25(13-31(32,33)34)24-11-19(6-8-26(24)36-29)18-4-3-5-21(10-18)30(38)37-16-22-14-35-15-23(22)17-37/h3-12,22-23,35-36H,13-17H2,1-2H3. The molecule has 2 fully saturated rings. The molecule has 2 unspecified atom stereocenters. The Morgan fingerprint density at radius 3 is 2.30 bits per heavy atom. The van der Waals surface area contributed by atoms with Gasteiger partial charge in [-0.3, -0.25) is 4.79 Å². The highest BCUT2D eigenvalue weighted by Crippen LogP contribution is 2.40. The molecule has 2 N–H and O–H groups in total. The predicted molar refractivity (Wildman–Crippen MR) is 148 cm³/mol. The molecule has 1 amide bonds. The number of nitrogens with zero attached hydrogens (tertiary/aromatic N) is 1. The minimum Gasteiger partial charge on any atom is -0.493 e. The van der Waals surface area contributed by atoms with E-state index in [2.05, 4.69) is 10.3 Å². The molecule has 9 heteroatoms. The highest BCUT2D eigenvalue weighted by atomic mass is 19.4. The van der Waals surface area contributed by atoms with Gasteiger partial charge in [0.15, 0.2) is 11.5 Å². The third kappa shape index (κ3) is 4.90. The molecule has 3 heterocycles. The maximum absolute atomic E-state index is 13.8. The van der Waals surface area contributed by atoms with Crippen LogP contribution in [-0.4, -0.2) is 62.4 Å². The Balaban J connectivity index is 1.38. The van der Waals surface area contributed by atoms with Crippen LogP contribution in [0.1, 0.15) is 15.9 Å². The van der Waals surface area contributed by atoms with Crippen molar-refractivity contribution in [1.29, 1.82) is 0 Å². The van der Waals surface area contributed by atoms with Crippen molar-refractivity contribution in [2.75, 3.05) is 40.4 Å². The van der Waals surface area contributed by atoms with Crippen molar-refractivity contribution in [3.05, 3.63) is 71.8 Å². The molecule has 4 aromatic rings. The van der Waals surface area contributed by atoms with E-state index in [4.69, 9.17) is 9.47 Å². The zero-order chi connectivity index (χ0) is 28.0. The van der Waals surface area contributed by atoms with Crippen LogP contribution in [0.25, 0.3) is 33.3 Å². The molecule has 208 valence electrons. The van der Waals surface area contributed by atoms with Crippen LogP contribution in [0.4, 0.5) is 13.2 Å². The molecule has 2 aliphatic heterocycles. The average Bonchev–Trinajstić information content (AvgIpc) is 3.65. The zero-order valence-corrected chi connectivity index (χ0v) is 22.3. The van der Waals surface area contributed by atoms with Gasteiger partial charge in [0.2, 0.25) is 0 Å². The molecule has 0 radical (unpaired) electrons. The van der Waals surface area contributed by atoms with Crippen LogP contribution < -0.4 is 14.8 Å². The lowest BCUT2D eigenvalue weighted by Gasteiger charge is -2.18. The number of carbonyl (C=O) groups is 1. The Morgan fingerprint density at radius 2 is 1.60 bits per heavy atom. The van der Waals surface area contributed by atoms with E-state index in [1.165, 1.54) is 14.2 Å². The number of amides is 1. The third-order valence-electron chi connectivity index (χ3n) is 8.08. The number of nitrogens with one attached hydrogen (secondary N) is 2. The molecule has 0 saturated carbocycles. The van der Waals surface area contributed by atoms with Crippen molar-refractivity contribution in [2.45, 2.75) is 12.6 Å². The Labute approximate surface area is 230 Å². The van der Waals surface area contributed by atoms with E-state index in [0.717, 1.165) is 37.3 Å². The first kappa shape index (κ1) is 26.3. The number of ether oxygens (including phenoxy) is 2. The fourth-order valence-electron chi connectivity index (χ4n) is 6.09. The molecule has 0 spiro atoms.